The van der Waals surface area contributed by atoms with Crippen molar-refractivity contribution in [1.29, 1.82) is 0 Å². The SMILES string of the molecule is CC(C)c1ccc(CC2(CN3C[C@H]4C[C@@H](C3)c3cccc(=O)n3C4)C(=O)N(C)C(=O)N(C)C2=O)cc1. The molecule has 2 fully saturated rings. The summed E-state index contributed by atoms with van der Waals surface area (Å²) in [7, 11) is 2.91. The Bertz CT molecular complexity index is 1240. The topological polar surface area (TPSA) is 82.9 Å². The van der Waals surface area contributed by atoms with Crippen LogP contribution in [-0.4, -0.2) is 70.8 Å². The summed E-state index contributed by atoms with van der Waals surface area (Å²) in [5.74, 6) is -0.0833. The van der Waals surface area contributed by atoms with Gasteiger partial charge in [0.2, 0.25) is 11.8 Å². The Labute approximate surface area is 211 Å². The lowest BCUT2D eigenvalue weighted by Crippen LogP contribution is -2.67. The van der Waals surface area contributed by atoms with Crippen LogP contribution in [0.25, 0.3) is 0 Å². The van der Waals surface area contributed by atoms with E-state index in [4.69, 9.17) is 0 Å². The van der Waals surface area contributed by atoms with Gasteiger partial charge in [-0.3, -0.25) is 24.2 Å². The number of carbonyl (C=O) groups is 3. The summed E-state index contributed by atoms with van der Waals surface area (Å²) < 4.78 is 1.87. The molecule has 2 bridgehead atoms. The third-order valence-corrected chi connectivity index (χ3v) is 8.20. The molecule has 0 saturated carbocycles. The van der Waals surface area contributed by atoms with Crippen LogP contribution in [-0.2, 0) is 22.6 Å². The molecule has 0 aliphatic carbocycles. The van der Waals surface area contributed by atoms with Gasteiger partial charge in [0.25, 0.3) is 5.56 Å². The molecule has 2 atom stereocenters. The molecule has 0 unspecified atom stereocenters. The number of benzene rings is 1. The summed E-state index contributed by atoms with van der Waals surface area (Å²) in [6, 6.07) is 12.9. The number of pyridine rings is 1. The van der Waals surface area contributed by atoms with E-state index in [-0.39, 0.29) is 30.4 Å². The summed E-state index contributed by atoms with van der Waals surface area (Å²) in [6.45, 7) is 6.50. The first-order valence-corrected chi connectivity index (χ1v) is 12.7. The van der Waals surface area contributed by atoms with Crippen molar-refractivity contribution in [2.45, 2.75) is 45.1 Å². The average Bonchev–Trinajstić information content (AvgIpc) is 2.86. The molecule has 2 aromatic rings. The highest BCUT2D eigenvalue weighted by Crippen LogP contribution is 2.39. The van der Waals surface area contributed by atoms with E-state index in [9.17, 15) is 19.2 Å². The van der Waals surface area contributed by atoms with Gasteiger partial charge in [-0.25, -0.2) is 4.79 Å². The quantitative estimate of drug-likeness (QED) is 0.602. The lowest BCUT2D eigenvalue weighted by atomic mass is 9.75. The standard InChI is InChI=1S/C28H34N4O4/c1-18(2)21-10-8-19(9-11-21)13-28(25(34)29(3)27(36)30(4)26(28)35)17-31-14-20-12-22(16-31)23-6-5-7-24(33)32(23)15-20/h5-11,18,20,22H,12-17H2,1-4H3/t20-,22+/m1/s1. The average molecular weight is 491 g/mol. The predicted molar refractivity (Wildman–Crippen MR) is 136 cm³/mol. The summed E-state index contributed by atoms with van der Waals surface area (Å²) >= 11 is 0. The molecule has 4 heterocycles. The molecule has 8 nitrogen and oxygen atoms in total. The van der Waals surface area contributed by atoms with Gasteiger partial charge in [-0.15, -0.1) is 0 Å². The zero-order valence-electron chi connectivity index (χ0n) is 21.4. The molecular formula is C28H34N4O4. The van der Waals surface area contributed by atoms with Crippen molar-refractivity contribution in [2.75, 3.05) is 33.7 Å². The Morgan fingerprint density at radius 1 is 0.889 bits per heavy atom. The number of likely N-dealkylation sites (tertiary alicyclic amines) is 1. The molecule has 0 radical (unpaired) electrons. The number of rotatable bonds is 5. The van der Waals surface area contributed by atoms with Gasteiger partial charge in [-0.05, 0) is 41.9 Å². The minimum Gasteiger partial charge on any atom is -0.312 e. The maximum Gasteiger partial charge on any atom is 0.332 e. The van der Waals surface area contributed by atoms with Crippen molar-refractivity contribution in [1.82, 2.24) is 19.3 Å². The van der Waals surface area contributed by atoms with Gasteiger partial charge in [0.1, 0.15) is 5.41 Å². The minimum absolute atomic E-state index is 0.0244. The smallest absolute Gasteiger partial charge is 0.312 e. The Kier molecular flexibility index (Phi) is 6.11. The molecule has 8 heteroatoms. The number of barbiturate groups is 1. The minimum atomic E-state index is -1.39. The third-order valence-electron chi connectivity index (χ3n) is 8.20. The number of hydrogen-bond donors (Lipinski definition) is 0. The van der Waals surface area contributed by atoms with Gasteiger partial charge in [0.05, 0.1) is 0 Å². The number of fused-ring (bicyclic) bond motifs is 4. The van der Waals surface area contributed by atoms with Crippen LogP contribution in [0.15, 0.2) is 47.3 Å². The summed E-state index contributed by atoms with van der Waals surface area (Å²) in [5, 5.41) is 0. The van der Waals surface area contributed by atoms with Gasteiger partial charge >= 0.3 is 6.03 Å². The van der Waals surface area contributed by atoms with Crippen LogP contribution in [0, 0.1) is 11.3 Å². The molecule has 1 aromatic carbocycles. The molecule has 5 rings (SSSR count). The molecule has 0 spiro atoms. The van der Waals surface area contributed by atoms with E-state index in [1.807, 2.05) is 34.9 Å². The molecule has 1 aromatic heterocycles. The van der Waals surface area contributed by atoms with Crippen molar-refractivity contribution in [2.24, 2.45) is 11.3 Å². The van der Waals surface area contributed by atoms with Crippen LogP contribution >= 0.6 is 0 Å². The van der Waals surface area contributed by atoms with E-state index in [0.717, 1.165) is 27.5 Å². The second-order valence-electron chi connectivity index (χ2n) is 11.1. The van der Waals surface area contributed by atoms with Crippen molar-refractivity contribution in [3.63, 3.8) is 0 Å². The van der Waals surface area contributed by atoms with E-state index < -0.39 is 23.3 Å². The largest absolute Gasteiger partial charge is 0.332 e. The van der Waals surface area contributed by atoms with Gasteiger partial charge in [-0.1, -0.05) is 44.2 Å². The summed E-state index contributed by atoms with van der Waals surface area (Å²) in [6.07, 6.45) is 1.22. The molecule has 3 aliphatic rings. The second-order valence-corrected chi connectivity index (χ2v) is 11.1. The van der Waals surface area contributed by atoms with Crippen molar-refractivity contribution in [3.05, 3.63) is 69.6 Å². The van der Waals surface area contributed by atoms with E-state index >= 15 is 0 Å². The highest BCUT2D eigenvalue weighted by atomic mass is 16.2. The Balaban J connectivity index is 1.49. The molecule has 4 amide bonds. The fourth-order valence-corrected chi connectivity index (χ4v) is 6.35. The van der Waals surface area contributed by atoms with Crippen molar-refractivity contribution >= 4 is 17.8 Å². The maximum atomic E-state index is 13.7. The lowest BCUT2D eigenvalue weighted by Gasteiger charge is -2.48. The zero-order chi connectivity index (χ0) is 25.8. The lowest BCUT2D eigenvalue weighted by molar-refractivity contribution is -0.159. The van der Waals surface area contributed by atoms with Crippen molar-refractivity contribution < 1.29 is 14.4 Å². The third kappa shape index (κ3) is 3.97. The number of hydrogen-bond acceptors (Lipinski definition) is 5. The first kappa shape index (κ1) is 24.4. The van der Waals surface area contributed by atoms with E-state index in [1.165, 1.54) is 19.7 Å². The molecule has 3 aliphatic heterocycles. The van der Waals surface area contributed by atoms with Gasteiger partial charge in [-0.2, -0.15) is 0 Å². The highest BCUT2D eigenvalue weighted by Gasteiger charge is 2.56. The molecule has 36 heavy (non-hydrogen) atoms. The number of imide groups is 2. The van der Waals surface area contributed by atoms with Gasteiger partial charge in [0.15, 0.2) is 0 Å². The van der Waals surface area contributed by atoms with Gasteiger partial charge < -0.3 is 9.47 Å². The van der Waals surface area contributed by atoms with Crippen LogP contribution in [0.5, 0.6) is 0 Å². The van der Waals surface area contributed by atoms with Gasteiger partial charge in [0, 0.05) is 58.0 Å². The normalized spacial score (nSPS) is 23.9. The number of piperidine rings is 1. The van der Waals surface area contributed by atoms with Crippen LogP contribution < -0.4 is 5.56 Å². The van der Waals surface area contributed by atoms with E-state index in [0.29, 0.717) is 25.6 Å². The van der Waals surface area contributed by atoms with E-state index in [1.54, 1.807) is 12.1 Å². The molecule has 2 saturated heterocycles. The van der Waals surface area contributed by atoms with Crippen LogP contribution in [0.1, 0.15) is 48.9 Å². The first-order chi connectivity index (χ1) is 17.1. The Hall–Kier alpha value is -3.26. The van der Waals surface area contributed by atoms with Crippen LogP contribution in [0.2, 0.25) is 0 Å². The van der Waals surface area contributed by atoms with Crippen LogP contribution in [0.4, 0.5) is 4.79 Å². The number of aromatic nitrogens is 1. The Morgan fingerprint density at radius 2 is 1.56 bits per heavy atom. The summed E-state index contributed by atoms with van der Waals surface area (Å²) in [4.78, 5) is 56.9. The highest BCUT2D eigenvalue weighted by molar-refractivity contribution is 6.19. The zero-order valence-corrected chi connectivity index (χ0v) is 21.4. The molecule has 190 valence electrons. The number of amides is 4. The predicted octanol–water partition coefficient (Wildman–Crippen LogP) is 2.67. The van der Waals surface area contributed by atoms with E-state index in [2.05, 4.69) is 18.7 Å². The first-order valence-electron chi connectivity index (χ1n) is 12.7. The maximum absolute atomic E-state index is 13.7. The van der Waals surface area contributed by atoms with Crippen LogP contribution in [0.3, 0.4) is 0 Å². The fourth-order valence-electron chi connectivity index (χ4n) is 6.35. The second kappa shape index (κ2) is 9.00. The fraction of sp³-hybridized carbons (Fsp3) is 0.500. The number of carbonyl (C=O) groups excluding carboxylic acids is 3. The number of urea groups is 1. The monoisotopic (exact) mass is 490 g/mol. The molecule has 0 N–H and O–H groups in total. The number of nitrogens with zero attached hydrogens (tertiary/aromatic N) is 4. The van der Waals surface area contributed by atoms with Crippen molar-refractivity contribution in [3.8, 4) is 0 Å². The summed E-state index contributed by atoms with van der Waals surface area (Å²) in [5.41, 5.74) is 1.74. The Morgan fingerprint density at radius 3 is 2.19 bits per heavy atom. The molecular weight excluding hydrogens is 456 g/mol.